The maximum absolute atomic E-state index is 12.8. The number of aromatic nitrogens is 2. The molecule has 1 aromatic heterocycles. The molecule has 25 heavy (non-hydrogen) atoms. The van der Waals surface area contributed by atoms with Gasteiger partial charge < -0.3 is 20.2 Å². The molecular formula is C17H21FN6S. The molecule has 6 nitrogen and oxygen atoms in total. The maximum atomic E-state index is 12.8. The Balaban J connectivity index is 1.97. The summed E-state index contributed by atoms with van der Waals surface area (Å²) in [5, 5.41) is 12.6. The number of nitriles is 1. The van der Waals surface area contributed by atoms with Crippen molar-refractivity contribution in [2.45, 2.75) is 13.0 Å². The zero-order valence-corrected chi connectivity index (χ0v) is 15.1. The summed E-state index contributed by atoms with van der Waals surface area (Å²) >= 11 is 5.30. The highest BCUT2D eigenvalue weighted by Crippen LogP contribution is 2.05. The lowest BCUT2D eigenvalue weighted by Crippen LogP contribution is -2.28. The molecule has 0 aliphatic carbocycles. The van der Waals surface area contributed by atoms with E-state index in [1.807, 2.05) is 0 Å². The lowest BCUT2D eigenvalue weighted by molar-refractivity contribution is 0.622. The quantitative estimate of drug-likeness (QED) is 0.607. The van der Waals surface area contributed by atoms with Gasteiger partial charge in [-0.3, -0.25) is 4.99 Å². The first kappa shape index (κ1) is 18.8. The van der Waals surface area contributed by atoms with Gasteiger partial charge in [-0.25, -0.2) is 4.39 Å². The number of benzene rings is 1. The molecule has 2 rings (SSSR count). The van der Waals surface area contributed by atoms with E-state index in [9.17, 15) is 9.65 Å². The number of rotatable bonds is 6. The molecule has 0 unspecified atom stereocenters. The second-order valence-electron chi connectivity index (χ2n) is 5.63. The Bertz CT molecular complexity index is 905. The van der Waals surface area contributed by atoms with Crippen molar-refractivity contribution in [1.82, 2.24) is 14.5 Å². The van der Waals surface area contributed by atoms with Crippen molar-refractivity contribution in [3.05, 3.63) is 51.5 Å². The Labute approximate surface area is 151 Å². The zero-order valence-electron chi connectivity index (χ0n) is 14.3. The Hall–Kier alpha value is -2.50. The van der Waals surface area contributed by atoms with Gasteiger partial charge in [0.05, 0.1) is 0 Å². The van der Waals surface area contributed by atoms with Crippen LogP contribution in [0.1, 0.15) is 17.5 Å². The zero-order chi connectivity index (χ0) is 18.4. The molecule has 1 heterocycles. The monoisotopic (exact) mass is 360 g/mol. The van der Waals surface area contributed by atoms with Crippen molar-refractivity contribution in [2.24, 2.45) is 19.1 Å². The molecular weight excluding hydrogens is 339 g/mol. The van der Waals surface area contributed by atoms with Crippen molar-refractivity contribution in [3.63, 3.8) is 0 Å². The van der Waals surface area contributed by atoms with Crippen LogP contribution in [0.5, 0.6) is 0 Å². The van der Waals surface area contributed by atoms with Gasteiger partial charge in [0.1, 0.15) is 23.3 Å². The molecule has 1 aromatic carbocycles. The van der Waals surface area contributed by atoms with Gasteiger partial charge >= 0.3 is 0 Å². The van der Waals surface area contributed by atoms with Gasteiger partial charge in [-0.15, -0.1) is 0 Å². The van der Waals surface area contributed by atoms with E-state index in [1.165, 1.54) is 12.1 Å². The summed E-state index contributed by atoms with van der Waals surface area (Å²) in [7, 11) is 3.50. The topological polar surface area (TPSA) is 84.1 Å². The minimum atomic E-state index is -0.236. The number of anilines is 1. The molecule has 0 atom stereocenters. The van der Waals surface area contributed by atoms with E-state index in [1.54, 1.807) is 35.4 Å². The maximum Gasteiger partial charge on any atom is 0.182 e. The first-order valence-electron chi connectivity index (χ1n) is 7.87. The number of nitrogens with zero attached hydrogens (tertiary/aromatic N) is 4. The van der Waals surface area contributed by atoms with Gasteiger partial charge in [0.2, 0.25) is 0 Å². The van der Waals surface area contributed by atoms with Crippen LogP contribution >= 0.6 is 12.2 Å². The average molecular weight is 360 g/mol. The van der Waals surface area contributed by atoms with Gasteiger partial charge in [-0.1, -0.05) is 12.1 Å². The van der Waals surface area contributed by atoms with Gasteiger partial charge in [-0.2, -0.15) is 5.26 Å². The Kier molecular flexibility index (Phi) is 6.44. The van der Waals surface area contributed by atoms with E-state index in [0.29, 0.717) is 34.7 Å². The Morgan fingerprint density at radius 2 is 1.96 bits per heavy atom. The molecule has 0 aliphatic heterocycles. The second kappa shape index (κ2) is 8.55. The summed E-state index contributed by atoms with van der Waals surface area (Å²) < 4.78 is 16.6. The van der Waals surface area contributed by atoms with Crippen molar-refractivity contribution in [3.8, 4) is 6.07 Å². The third kappa shape index (κ3) is 4.53. The van der Waals surface area contributed by atoms with Crippen LogP contribution in [0.25, 0.3) is 0 Å². The predicted octanol–water partition coefficient (Wildman–Crippen LogP) is 1.77. The number of nitrogens with two attached hydrogens (primary N) is 1. The number of halogens is 1. The summed E-state index contributed by atoms with van der Waals surface area (Å²) in [5.74, 6) is 0.0825. The SMILES string of the molecule is Cn1c(N)c(C#N)c(=NCCCNCc2ccc(F)cc2)n(C)c1=S. The molecule has 8 heteroatoms. The normalized spacial score (nSPS) is 11.5. The number of hydrogen-bond acceptors (Lipinski definition) is 5. The van der Waals surface area contributed by atoms with E-state index in [4.69, 9.17) is 18.0 Å². The number of hydrogen-bond donors (Lipinski definition) is 2. The highest BCUT2D eigenvalue weighted by molar-refractivity contribution is 7.71. The van der Waals surface area contributed by atoms with E-state index >= 15 is 0 Å². The van der Waals surface area contributed by atoms with Crippen molar-refractivity contribution in [2.75, 3.05) is 18.8 Å². The summed E-state index contributed by atoms with van der Waals surface area (Å²) in [6.45, 7) is 1.96. The summed E-state index contributed by atoms with van der Waals surface area (Å²) in [6.07, 6.45) is 0.791. The van der Waals surface area contributed by atoms with Gasteiger partial charge in [0.25, 0.3) is 0 Å². The van der Waals surface area contributed by atoms with Crippen LogP contribution in [-0.4, -0.2) is 22.2 Å². The minimum Gasteiger partial charge on any atom is -0.384 e. The van der Waals surface area contributed by atoms with Crippen molar-refractivity contribution in [1.29, 1.82) is 5.26 Å². The van der Waals surface area contributed by atoms with E-state index in [-0.39, 0.29) is 5.82 Å². The molecule has 2 aromatic rings. The van der Waals surface area contributed by atoms with Crippen LogP contribution < -0.4 is 16.5 Å². The molecule has 0 fully saturated rings. The fraction of sp³-hybridized carbons (Fsp3) is 0.353. The van der Waals surface area contributed by atoms with Crippen molar-refractivity contribution >= 4 is 18.0 Å². The van der Waals surface area contributed by atoms with Crippen LogP contribution in [0, 0.1) is 21.9 Å². The predicted molar refractivity (Wildman–Crippen MR) is 97.5 cm³/mol. The molecule has 0 bridgehead atoms. The minimum absolute atomic E-state index is 0.236. The smallest absolute Gasteiger partial charge is 0.182 e. The molecule has 0 amide bonds. The molecule has 0 saturated carbocycles. The lowest BCUT2D eigenvalue weighted by Gasteiger charge is -2.11. The van der Waals surface area contributed by atoms with Gasteiger partial charge in [-0.05, 0) is 42.9 Å². The van der Waals surface area contributed by atoms with Crippen LogP contribution in [-0.2, 0) is 20.6 Å². The summed E-state index contributed by atoms with van der Waals surface area (Å²) in [5.41, 5.74) is 7.81. The van der Waals surface area contributed by atoms with Gasteiger partial charge in [0.15, 0.2) is 10.3 Å². The first-order valence-corrected chi connectivity index (χ1v) is 8.27. The van der Waals surface area contributed by atoms with Crippen LogP contribution in [0.2, 0.25) is 0 Å². The summed E-state index contributed by atoms with van der Waals surface area (Å²) in [6, 6.07) is 8.50. The fourth-order valence-electron chi connectivity index (χ4n) is 2.38. The van der Waals surface area contributed by atoms with Crippen LogP contribution in [0.4, 0.5) is 10.2 Å². The molecule has 0 spiro atoms. The highest BCUT2D eigenvalue weighted by Gasteiger charge is 2.08. The number of nitrogens with one attached hydrogen (secondary N) is 1. The Morgan fingerprint density at radius 1 is 1.28 bits per heavy atom. The standard InChI is InChI=1S/C17H21FN6S/c1-23-15(20)14(10-19)16(24(2)17(23)25)22-9-3-8-21-11-12-4-6-13(18)7-5-12/h4-7,21H,3,8-9,11,20H2,1-2H3. The third-order valence-corrected chi connectivity index (χ3v) is 4.41. The average Bonchev–Trinajstić information content (AvgIpc) is 2.61. The van der Waals surface area contributed by atoms with E-state index < -0.39 is 0 Å². The van der Waals surface area contributed by atoms with E-state index in [0.717, 1.165) is 18.5 Å². The van der Waals surface area contributed by atoms with Crippen LogP contribution in [0.3, 0.4) is 0 Å². The van der Waals surface area contributed by atoms with Crippen LogP contribution in [0.15, 0.2) is 29.3 Å². The largest absolute Gasteiger partial charge is 0.384 e. The third-order valence-electron chi connectivity index (χ3n) is 3.86. The number of nitrogen functional groups attached to an aromatic ring is 1. The molecule has 132 valence electrons. The summed E-state index contributed by atoms with van der Waals surface area (Å²) in [4.78, 5) is 4.49. The first-order chi connectivity index (χ1) is 12.0. The second-order valence-corrected chi connectivity index (χ2v) is 6.00. The van der Waals surface area contributed by atoms with E-state index in [2.05, 4.69) is 16.4 Å². The Morgan fingerprint density at radius 3 is 2.60 bits per heavy atom. The molecule has 3 N–H and O–H groups in total. The fourth-order valence-corrected chi connectivity index (χ4v) is 2.57. The van der Waals surface area contributed by atoms with Crippen molar-refractivity contribution < 1.29 is 4.39 Å². The molecule has 0 saturated heterocycles. The molecule has 0 aliphatic rings. The van der Waals surface area contributed by atoms with Gasteiger partial charge in [0, 0.05) is 27.2 Å². The lowest BCUT2D eigenvalue weighted by atomic mass is 10.2. The molecule has 0 radical (unpaired) electrons. The highest BCUT2D eigenvalue weighted by atomic mass is 32.1.